The number of rotatable bonds is 4. The van der Waals surface area contributed by atoms with E-state index in [1.807, 2.05) is 0 Å². The number of hydrogen-bond acceptors (Lipinski definition) is 5. The second-order valence-electron chi connectivity index (χ2n) is 3.76. The summed E-state index contributed by atoms with van der Waals surface area (Å²) in [6.45, 7) is 0. The van der Waals surface area contributed by atoms with Crippen LogP contribution in [0.2, 0.25) is 10.0 Å². The van der Waals surface area contributed by atoms with Gasteiger partial charge in [0.25, 0.3) is 10.0 Å². The van der Waals surface area contributed by atoms with E-state index in [0.29, 0.717) is 10.0 Å². The molecule has 0 saturated heterocycles. The molecule has 0 fully saturated rings. The third-order valence-electron chi connectivity index (χ3n) is 2.30. The van der Waals surface area contributed by atoms with E-state index >= 15 is 0 Å². The van der Waals surface area contributed by atoms with Gasteiger partial charge in [-0.3, -0.25) is 10.6 Å². The lowest BCUT2D eigenvalue weighted by Gasteiger charge is -2.11. The van der Waals surface area contributed by atoms with Gasteiger partial charge in [0.05, 0.1) is 11.4 Å². The highest BCUT2D eigenvalue weighted by Gasteiger charge is 2.20. The van der Waals surface area contributed by atoms with Crippen LogP contribution in [-0.2, 0) is 10.0 Å². The monoisotopic (exact) mass is 332 g/mol. The molecule has 0 spiro atoms. The van der Waals surface area contributed by atoms with Crippen molar-refractivity contribution in [1.29, 1.82) is 0 Å². The quantitative estimate of drug-likeness (QED) is 0.590. The molecule has 0 radical (unpaired) electrons. The van der Waals surface area contributed by atoms with E-state index < -0.39 is 10.0 Å². The minimum absolute atomic E-state index is 0.174. The van der Waals surface area contributed by atoms with Gasteiger partial charge < -0.3 is 5.43 Å². The summed E-state index contributed by atoms with van der Waals surface area (Å²) in [7, 11) is -3.91. The average Bonchev–Trinajstić information content (AvgIpc) is 2.36. The van der Waals surface area contributed by atoms with Crippen molar-refractivity contribution < 1.29 is 8.42 Å². The van der Waals surface area contributed by atoms with Crippen molar-refractivity contribution in [2.45, 2.75) is 5.03 Å². The van der Waals surface area contributed by atoms with Crippen LogP contribution in [0.25, 0.3) is 0 Å². The zero-order chi connectivity index (χ0) is 14.8. The maximum Gasteiger partial charge on any atom is 0.281 e. The number of nitrogen functional groups attached to an aromatic ring is 1. The molecular weight excluding hydrogens is 323 g/mol. The maximum absolute atomic E-state index is 12.2. The van der Waals surface area contributed by atoms with E-state index in [1.165, 1.54) is 30.5 Å². The summed E-state index contributed by atoms with van der Waals surface area (Å²) in [4.78, 5) is 3.80. The van der Waals surface area contributed by atoms with Crippen LogP contribution in [-0.4, -0.2) is 13.4 Å². The van der Waals surface area contributed by atoms with E-state index in [2.05, 4.69) is 15.1 Å². The SMILES string of the molecule is NNc1cccnc1S(=O)(=O)Nc1cc(Cl)cc(Cl)c1. The topological polar surface area (TPSA) is 97.1 Å². The number of benzene rings is 1. The number of aromatic nitrogens is 1. The number of hydrogen-bond donors (Lipinski definition) is 3. The molecule has 0 bridgehead atoms. The molecule has 1 aromatic carbocycles. The number of anilines is 2. The summed E-state index contributed by atoms with van der Waals surface area (Å²) in [6, 6.07) is 7.42. The van der Waals surface area contributed by atoms with Crippen LogP contribution >= 0.6 is 23.2 Å². The van der Waals surface area contributed by atoms with Gasteiger partial charge in [0.1, 0.15) is 0 Å². The lowest BCUT2D eigenvalue weighted by atomic mass is 10.3. The fraction of sp³-hybridized carbons (Fsp3) is 0. The van der Waals surface area contributed by atoms with Crippen molar-refractivity contribution in [1.82, 2.24) is 4.98 Å². The van der Waals surface area contributed by atoms with E-state index in [4.69, 9.17) is 29.0 Å². The smallest absolute Gasteiger partial charge is 0.281 e. The first kappa shape index (κ1) is 14.9. The predicted molar refractivity (Wildman–Crippen MR) is 79.3 cm³/mol. The first-order valence-electron chi connectivity index (χ1n) is 5.33. The van der Waals surface area contributed by atoms with Gasteiger partial charge in [-0.25, -0.2) is 4.98 Å². The second-order valence-corrected chi connectivity index (χ2v) is 6.23. The summed E-state index contributed by atoms with van der Waals surface area (Å²) in [5.41, 5.74) is 2.68. The molecule has 1 heterocycles. The molecule has 0 atom stereocenters. The first-order chi connectivity index (χ1) is 9.42. The highest BCUT2D eigenvalue weighted by Crippen LogP contribution is 2.25. The molecule has 0 aliphatic carbocycles. The van der Waals surface area contributed by atoms with Crippen molar-refractivity contribution in [3.63, 3.8) is 0 Å². The van der Waals surface area contributed by atoms with Crippen LogP contribution in [0.1, 0.15) is 0 Å². The zero-order valence-corrected chi connectivity index (χ0v) is 12.3. The van der Waals surface area contributed by atoms with Gasteiger partial charge >= 0.3 is 0 Å². The minimum atomic E-state index is -3.91. The van der Waals surface area contributed by atoms with Crippen molar-refractivity contribution in [3.05, 3.63) is 46.6 Å². The van der Waals surface area contributed by atoms with Crippen molar-refractivity contribution in [3.8, 4) is 0 Å². The van der Waals surface area contributed by atoms with Crippen LogP contribution in [0, 0.1) is 0 Å². The van der Waals surface area contributed by atoms with Crippen LogP contribution in [0.3, 0.4) is 0 Å². The van der Waals surface area contributed by atoms with Crippen LogP contribution in [0.15, 0.2) is 41.6 Å². The van der Waals surface area contributed by atoms with Crippen LogP contribution in [0.4, 0.5) is 11.4 Å². The molecule has 0 amide bonds. The standard InChI is InChI=1S/C11H10Cl2N4O2S/c12-7-4-8(13)6-9(5-7)17-20(18,19)11-10(16-14)2-1-3-15-11/h1-6,16-17H,14H2. The van der Waals surface area contributed by atoms with Gasteiger partial charge in [0.2, 0.25) is 5.03 Å². The summed E-state index contributed by atoms with van der Waals surface area (Å²) in [6.07, 6.45) is 1.35. The molecule has 4 N–H and O–H groups in total. The first-order valence-corrected chi connectivity index (χ1v) is 7.57. The molecule has 2 rings (SSSR count). The number of nitrogens with two attached hydrogens (primary N) is 1. The Labute approximate surface area is 125 Å². The van der Waals surface area contributed by atoms with E-state index in [0.717, 1.165) is 0 Å². The molecule has 0 aliphatic rings. The van der Waals surface area contributed by atoms with Crippen molar-refractivity contribution in [2.24, 2.45) is 5.84 Å². The Kier molecular flexibility index (Phi) is 4.34. The summed E-state index contributed by atoms with van der Waals surface area (Å²) < 4.78 is 26.8. The molecule has 20 heavy (non-hydrogen) atoms. The van der Waals surface area contributed by atoms with Crippen LogP contribution < -0.4 is 16.0 Å². The molecule has 106 valence electrons. The average molecular weight is 333 g/mol. The van der Waals surface area contributed by atoms with E-state index in [-0.39, 0.29) is 16.4 Å². The Balaban J connectivity index is 2.41. The number of sulfonamides is 1. The minimum Gasteiger partial charge on any atom is -0.321 e. The number of hydrazine groups is 1. The highest BCUT2D eigenvalue weighted by molar-refractivity contribution is 7.92. The summed E-state index contributed by atoms with van der Waals surface area (Å²) in [5, 5.41) is 0.403. The Hall–Kier alpha value is -1.54. The van der Waals surface area contributed by atoms with Gasteiger partial charge in [0, 0.05) is 16.2 Å². The number of pyridine rings is 1. The normalized spacial score (nSPS) is 11.2. The Morgan fingerprint density at radius 2 is 1.80 bits per heavy atom. The van der Waals surface area contributed by atoms with E-state index in [1.54, 1.807) is 6.07 Å². The van der Waals surface area contributed by atoms with Gasteiger partial charge in [-0.15, -0.1) is 0 Å². The van der Waals surface area contributed by atoms with E-state index in [9.17, 15) is 8.42 Å². The predicted octanol–water partition coefficient (Wildman–Crippen LogP) is 2.47. The van der Waals surface area contributed by atoms with Gasteiger partial charge in [-0.2, -0.15) is 8.42 Å². The molecule has 0 unspecified atom stereocenters. The molecule has 9 heteroatoms. The third-order valence-corrected chi connectivity index (χ3v) is 4.07. The van der Waals surface area contributed by atoms with Crippen LogP contribution in [0.5, 0.6) is 0 Å². The summed E-state index contributed by atoms with van der Waals surface area (Å²) in [5.74, 6) is 5.26. The second kappa shape index (κ2) is 5.84. The zero-order valence-electron chi connectivity index (χ0n) is 9.97. The molecule has 2 aromatic rings. The Morgan fingerprint density at radius 3 is 2.40 bits per heavy atom. The Morgan fingerprint density at radius 1 is 1.15 bits per heavy atom. The molecule has 6 nitrogen and oxygen atoms in total. The van der Waals surface area contributed by atoms with Crippen molar-refractivity contribution in [2.75, 3.05) is 10.1 Å². The number of halogens is 2. The van der Waals surface area contributed by atoms with Gasteiger partial charge in [0.15, 0.2) is 0 Å². The number of nitrogens with zero attached hydrogens (tertiary/aromatic N) is 1. The van der Waals surface area contributed by atoms with Crippen molar-refractivity contribution >= 4 is 44.6 Å². The van der Waals surface area contributed by atoms with Gasteiger partial charge in [-0.1, -0.05) is 23.2 Å². The summed E-state index contributed by atoms with van der Waals surface area (Å²) >= 11 is 11.6. The fourth-order valence-corrected chi connectivity index (χ4v) is 3.20. The number of nitrogens with one attached hydrogen (secondary N) is 2. The highest BCUT2D eigenvalue weighted by atomic mass is 35.5. The molecule has 1 aromatic heterocycles. The third kappa shape index (κ3) is 3.31. The van der Waals surface area contributed by atoms with Gasteiger partial charge in [-0.05, 0) is 30.3 Å². The fourth-order valence-electron chi connectivity index (χ4n) is 1.53. The molecular formula is C11H10Cl2N4O2S. The lowest BCUT2D eigenvalue weighted by molar-refractivity contribution is 0.598. The maximum atomic E-state index is 12.2. The molecule has 0 aliphatic heterocycles. The largest absolute Gasteiger partial charge is 0.321 e. The lowest BCUT2D eigenvalue weighted by Crippen LogP contribution is -2.18. The molecule has 0 saturated carbocycles. The Bertz CT molecular complexity index is 717.